The molecule has 1 N–H and O–H groups in total. The van der Waals surface area contributed by atoms with E-state index in [1.54, 1.807) is 0 Å². The van der Waals surface area contributed by atoms with Crippen LogP contribution in [0.1, 0.15) is 83.5 Å². The predicted octanol–water partition coefficient (Wildman–Crippen LogP) is 4.13. The molecule has 0 unspecified atom stereocenters. The van der Waals surface area contributed by atoms with Crippen molar-refractivity contribution < 1.29 is 14.6 Å². The molecule has 3 spiro atoms. The molecule has 7 fully saturated rings. The van der Waals surface area contributed by atoms with Crippen molar-refractivity contribution in [3.8, 4) is 0 Å². The first-order chi connectivity index (χ1) is 11.1. The maximum Gasteiger partial charge on any atom is 0.180 e. The molecule has 4 saturated carbocycles. The van der Waals surface area contributed by atoms with Crippen molar-refractivity contribution in [1.29, 1.82) is 0 Å². The van der Waals surface area contributed by atoms with Gasteiger partial charge in [0, 0.05) is 18.3 Å². The van der Waals surface area contributed by atoms with E-state index < -0.39 is 11.6 Å². The molecule has 0 radical (unpaired) electrons. The molecule has 7 aliphatic rings. The lowest BCUT2D eigenvalue weighted by Crippen LogP contribution is -2.85. The van der Waals surface area contributed by atoms with Gasteiger partial charge >= 0.3 is 0 Å². The van der Waals surface area contributed by atoms with Crippen LogP contribution in [0.2, 0.25) is 0 Å². The number of aliphatic hydroxyl groups is 1. The van der Waals surface area contributed by atoms with Crippen LogP contribution < -0.4 is 0 Å². The van der Waals surface area contributed by atoms with Crippen molar-refractivity contribution in [2.45, 2.75) is 101 Å². The van der Waals surface area contributed by atoms with Gasteiger partial charge < -0.3 is 14.6 Å². The predicted molar refractivity (Wildman–Crippen MR) is 85.5 cm³/mol. The molecule has 128 valence electrons. The summed E-state index contributed by atoms with van der Waals surface area (Å²) in [4.78, 5) is 0. The Bertz CT molecular complexity index is 549. The molecule has 0 amide bonds. The number of rotatable bonds is 0. The van der Waals surface area contributed by atoms with Gasteiger partial charge in [0.2, 0.25) is 0 Å². The van der Waals surface area contributed by atoms with Gasteiger partial charge in [-0.2, -0.15) is 0 Å². The van der Waals surface area contributed by atoms with Gasteiger partial charge in [-0.05, 0) is 57.3 Å². The Labute approximate surface area is 139 Å². The van der Waals surface area contributed by atoms with E-state index in [1.165, 1.54) is 57.8 Å². The Morgan fingerprint density at radius 3 is 2.43 bits per heavy atom. The summed E-state index contributed by atoms with van der Waals surface area (Å²) in [5.41, 5.74) is -0.168. The van der Waals surface area contributed by atoms with Gasteiger partial charge in [-0.3, -0.25) is 0 Å². The van der Waals surface area contributed by atoms with Crippen LogP contribution in [-0.2, 0) is 9.47 Å². The molecule has 7 rings (SSSR count). The minimum atomic E-state index is -0.884. The third-order valence-corrected chi connectivity index (χ3v) is 9.01. The molecule has 4 aliphatic carbocycles. The average molecular weight is 318 g/mol. The van der Waals surface area contributed by atoms with E-state index >= 15 is 0 Å². The number of ether oxygens (including phenoxy) is 2. The van der Waals surface area contributed by atoms with Gasteiger partial charge in [0.1, 0.15) is 0 Å². The lowest BCUT2D eigenvalue weighted by atomic mass is 9.40. The van der Waals surface area contributed by atoms with Gasteiger partial charge in [-0.25, -0.2) is 0 Å². The summed E-state index contributed by atoms with van der Waals surface area (Å²) >= 11 is 0. The number of hydrogen-bond acceptors (Lipinski definition) is 3. The highest BCUT2D eigenvalue weighted by molar-refractivity contribution is 5.25. The normalized spacial score (nSPS) is 63.3. The van der Waals surface area contributed by atoms with Crippen LogP contribution in [0.4, 0.5) is 0 Å². The fourth-order valence-corrected chi connectivity index (χ4v) is 8.27. The highest BCUT2D eigenvalue weighted by Gasteiger charge is 2.82. The summed E-state index contributed by atoms with van der Waals surface area (Å²) in [6.45, 7) is 0. The van der Waals surface area contributed by atoms with E-state index in [0.29, 0.717) is 17.8 Å². The second-order valence-corrected chi connectivity index (χ2v) is 9.60. The molecule has 0 aromatic rings. The molecule has 0 aromatic carbocycles. The third-order valence-electron chi connectivity index (χ3n) is 9.01. The number of hydrogen-bond donors (Lipinski definition) is 1. The van der Waals surface area contributed by atoms with Crippen LogP contribution >= 0.6 is 0 Å². The molecule has 5 bridgehead atoms. The largest absolute Gasteiger partial charge is 0.365 e. The van der Waals surface area contributed by atoms with Gasteiger partial charge in [-0.15, -0.1) is 0 Å². The zero-order chi connectivity index (χ0) is 15.3. The smallest absolute Gasteiger partial charge is 0.180 e. The summed E-state index contributed by atoms with van der Waals surface area (Å²) in [6, 6.07) is 0. The van der Waals surface area contributed by atoms with E-state index in [2.05, 4.69) is 0 Å². The average Bonchev–Trinajstić information content (AvgIpc) is 2.52. The summed E-state index contributed by atoms with van der Waals surface area (Å²) in [7, 11) is 0. The highest BCUT2D eigenvalue weighted by atomic mass is 16.8. The van der Waals surface area contributed by atoms with Crippen LogP contribution in [0.15, 0.2) is 0 Å². The van der Waals surface area contributed by atoms with Gasteiger partial charge in [0.05, 0.1) is 11.0 Å². The standard InChI is InChI=1S/C20H30O3/c21-20-15-8-5-9-17(20)13-16-7-2-4-11-19(16,23-20)22-18(17)10-3-1-6-14(18)12-15/h14-16,21H,1-13H2/t14-,15-,16+,17+,18-,19+,20+/m1/s1. The SMILES string of the molecule is O[C@@]12O[C@@]34CCCC[C@H]3C[C@]13CCC[C@@H]2C[C@H]1CCCC[C@@]13O4. The van der Waals surface area contributed by atoms with Crippen LogP contribution in [0.25, 0.3) is 0 Å². The Hall–Kier alpha value is -0.120. The zero-order valence-corrected chi connectivity index (χ0v) is 14.2. The first-order valence-corrected chi connectivity index (χ1v) is 10.3. The third kappa shape index (κ3) is 1.36. The van der Waals surface area contributed by atoms with E-state index in [4.69, 9.17) is 9.47 Å². The molecular formula is C20H30O3. The summed E-state index contributed by atoms with van der Waals surface area (Å²) < 4.78 is 13.8. The monoisotopic (exact) mass is 318 g/mol. The molecular weight excluding hydrogens is 288 g/mol. The Morgan fingerprint density at radius 2 is 1.52 bits per heavy atom. The van der Waals surface area contributed by atoms with Crippen molar-refractivity contribution in [3.05, 3.63) is 0 Å². The lowest BCUT2D eigenvalue weighted by Gasteiger charge is -2.79. The van der Waals surface area contributed by atoms with Gasteiger partial charge in [-0.1, -0.05) is 25.7 Å². The molecule has 3 nitrogen and oxygen atoms in total. The Balaban J connectivity index is 1.58. The minimum Gasteiger partial charge on any atom is -0.365 e. The van der Waals surface area contributed by atoms with Crippen molar-refractivity contribution in [1.82, 2.24) is 0 Å². The lowest BCUT2D eigenvalue weighted by molar-refractivity contribution is -0.565. The van der Waals surface area contributed by atoms with Crippen molar-refractivity contribution in [2.24, 2.45) is 23.2 Å². The Morgan fingerprint density at radius 1 is 0.739 bits per heavy atom. The molecule has 3 heteroatoms. The second-order valence-electron chi connectivity index (χ2n) is 9.60. The topological polar surface area (TPSA) is 38.7 Å². The summed E-state index contributed by atoms with van der Waals surface area (Å²) in [5.74, 6) is 0.231. The maximum absolute atomic E-state index is 11.9. The molecule has 7 atom stereocenters. The highest BCUT2D eigenvalue weighted by Crippen LogP contribution is 2.77. The molecule has 23 heavy (non-hydrogen) atoms. The van der Waals surface area contributed by atoms with E-state index in [0.717, 1.165) is 25.7 Å². The first kappa shape index (κ1) is 14.1. The molecule has 3 saturated heterocycles. The minimum absolute atomic E-state index is 0.0665. The van der Waals surface area contributed by atoms with Gasteiger partial charge in [0.25, 0.3) is 0 Å². The molecule has 0 aromatic heterocycles. The van der Waals surface area contributed by atoms with E-state index in [-0.39, 0.29) is 11.0 Å². The quantitative estimate of drug-likeness (QED) is 0.730. The first-order valence-electron chi connectivity index (χ1n) is 10.3. The summed E-state index contributed by atoms with van der Waals surface area (Å²) in [5, 5.41) is 11.9. The fraction of sp³-hybridized carbons (Fsp3) is 1.00. The zero-order valence-electron chi connectivity index (χ0n) is 14.2. The van der Waals surface area contributed by atoms with Crippen molar-refractivity contribution in [2.75, 3.05) is 0 Å². The van der Waals surface area contributed by atoms with Gasteiger partial charge in [0.15, 0.2) is 11.6 Å². The fourth-order valence-electron chi connectivity index (χ4n) is 8.27. The second kappa shape index (κ2) is 4.16. The van der Waals surface area contributed by atoms with E-state index in [1.807, 2.05) is 0 Å². The van der Waals surface area contributed by atoms with Crippen molar-refractivity contribution >= 4 is 0 Å². The maximum atomic E-state index is 11.9. The molecule has 3 aliphatic heterocycles. The Kier molecular flexibility index (Phi) is 2.55. The molecule has 3 heterocycles. The summed E-state index contributed by atoms with van der Waals surface area (Å²) in [6.07, 6.45) is 15.7. The van der Waals surface area contributed by atoms with Crippen LogP contribution in [0, 0.1) is 23.2 Å². The van der Waals surface area contributed by atoms with Crippen LogP contribution in [0.5, 0.6) is 0 Å². The van der Waals surface area contributed by atoms with Crippen LogP contribution in [-0.4, -0.2) is 22.3 Å². The van der Waals surface area contributed by atoms with Crippen LogP contribution in [0.3, 0.4) is 0 Å². The van der Waals surface area contributed by atoms with Crippen molar-refractivity contribution in [3.63, 3.8) is 0 Å². The van der Waals surface area contributed by atoms with E-state index in [9.17, 15) is 5.11 Å².